The van der Waals surface area contributed by atoms with Gasteiger partial charge in [0.05, 0.1) is 6.61 Å². The molecule has 22 heavy (non-hydrogen) atoms. The fourth-order valence-corrected chi connectivity index (χ4v) is 1.98. The zero-order valence-corrected chi connectivity index (χ0v) is 12.0. The van der Waals surface area contributed by atoms with Crippen molar-refractivity contribution in [3.63, 3.8) is 0 Å². The third kappa shape index (κ3) is 4.04. The first-order valence-corrected chi connectivity index (χ1v) is 6.78. The van der Waals surface area contributed by atoms with Crippen LogP contribution in [0.1, 0.15) is 11.9 Å². The molecule has 2 amide bonds. The number of halogens is 3. The maximum absolute atomic E-state index is 12.4. The van der Waals surface area contributed by atoms with Gasteiger partial charge >= 0.3 is 12.2 Å². The fraction of sp³-hybridized carbons (Fsp3) is 0.273. The molecule has 0 radical (unpaired) electrons. The second-order valence-corrected chi connectivity index (χ2v) is 4.76. The molecule has 2 aromatic rings. The van der Waals surface area contributed by atoms with Gasteiger partial charge in [-0.05, 0) is 19.1 Å². The molecule has 2 aromatic heterocycles. The Labute approximate surface area is 126 Å². The highest BCUT2D eigenvalue weighted by molar-refractivity contribution is 7.15. The van der Waals surface area contributed by atoms with Crippen molar-refractivity contribution in [3.05, 3.63) is 23.3 Å². The van der Waals surface area contributed by atoms with Crippen molar-refractivity contribution in [3.8, 4) is 5.88 Å². The average molecular weight is 333 g/mol. The summed E-state index contributed by atoms with van der Waals surface area (Å²) in [5, 5.41) is 9.38. The van der Waals surface area contributed by atoms with E-state index in [1.807, 2.05) is 0 Å². The summed E-state index contributed by atoms with van der Waals surface area (Å²) >= 11 is 0.227. The summed E-state index contributed by atoms with van der Waals surface area (Å²) in [6.07, 6.45) is -3.12. The summed E-state index contributed by atoms with van der Waals surface area (Å²) in [5.41, 5.74) is 0.280. The van der Waals surface area contributed by atoms with E-state index in [0.717, 1.165) is 0 Å². The van der Waals surface area contributed by atoms with E-state index in [1.54, 1.807) is 19.1 Å². The van der Waals surface area contributed by atoms with Crippen molar-refractivity contribution >= 4 is 28.2 Å². The number of anilines is 2. The number of carbonyl (C=O) groups is 1. The van der Waals surface area contributed by atoms with Crippen LogP contribution in [0.25, 0.3) is 0 Å². The van der Waals surface area contributed by atoms with Crippen LogP contribution in [-0.2, 0) is 6.18 Å². The van der Waals surface area contributed by atoms with Gasteiger partial charge in [-0.25, -0.2) is 9.78 Å². The van der Waals surface area contributed by atoms with Crippen LogP contribution in [0.15, 0.2) is 18.3 Å². The van der Waals surface area contributed by atoms with Crippen LogP contribution in [0, 0.1) is 0 Å². The summed E-state index contributed by atoms with van der Waals surface area (Å²) in [7, 11) is 0. The van der Waals surface area contributed by atoms with E-state index >= 15 is 0 Å². The van der Waals surface area contributed by atoms with Crippen molar-refractivity contribution in [2.45, 2.75) is 13.1 Å². The van der Waals surface area contributed by atoms with E-state index in [0.29, 0.717) is 6.61 Å². The Hall–Kier alpha value is -2.43. The molecule has 0 aliphatic carbocycles. The fourth-order valence-electron chi connectivity index (χ4n) is 1.38. The highest BCUT2D eigenvalue weighted by Crippen LogP contribution is 2.33. The van der Waals surface area contributed by atoms with Crippen LogP contribution in [-0.4, -0.2) is 27.8 Å². The van der Waals surface area contributed by atoms with Crippen molar-refractivity contribution in [2.24, 2.45) is 0 Å². The van der Waals surface area contributed by atoms with Gasteiger partial charge in [-0.2, -0.15) is 13.2 Å². The van der Waals surface area contributed by atoms with Gasteiger partial charge in [0, 0.05) is 6.20 Å². The summed E-state index contributed by atoms with van der Waals surface area (Å²) in [5.74, 6) is 0.202. The van der Waals surface area contributed by atoms with Crippen LogP contribution >= 0.6 is 11.3 Å². The third-order valence-electron chi connectivity index (χ3n) is 2.19. The van der Waals surface area contributed by atoms with E-state index < -0.39 is 17.2 Å². The van der Waals surface area contributed by atoms with E-state index in [2.05, 4.69) is 25.8 Å². The van der Waals surface area contributed by atoms with Gasteiger partial charge in [0.2, 0.25) is 16.0 Å². The molecule has 0 aliphatic rings. The van der Waals surface area contributed by atoms with Crippen molar-refractivity contribution in [1.29, 1.82) is 0 Å². The van der Waals surface area contributed by atoms with Crippen molar-refractivity contribution < 1.29 is 22.7 Å². The number of hydrogen-bond donors (Lipinski definition) is 2. The molecule has 11 heteroatoms. The van der Waals surface area contributed by atoms with E-state index in [-0.39, 0.29) is 28.0 Å². The number of alkyl halides is 3. The molecular weight excluding hydrogens is 323 g/mol. The minimum atomic E-state index is -4.60. The molecule has 0 aromatic carbocycles. The number of hydrogen-bond acceptors (Lipinski definition) is 6. The molecule has 0 aliphatic heterocycles. The lowest BCUT2D eigenvalue weighted by Gasteiger charge is -2.09. The topological polar surface area (TPSA) is 89.0 Å². The molecule has 2 N–H and O–H groups in total. The maximum Gasteiger partial charge on any atom is 0.445 e. The van der Waals surface area contributed by atoms with Crippen LogP contribution in [0.3, 0.4) is 0 Å². The largest absolute Gasteiger partial charge is 0.476 e. The molecule has 0 saturated heterocycles. The highest BCUT2D eigenvalue weighted by Gasteiger charge is 2.35. The monoisotopic (exact) mass is 333 g/mol. The first-order valence-electron chi connectivity index (χ1n) is 5.96. The van der Waals surface area contributed by atoms with E-state index in [9.17, 15) is 18.0 Å². The Kier molecular flexibility index (Phi) is 4.75. The van der Waals surface area contributed by atoms with Crippen LogP contribution in [0.4, 0.5) is 28.8 Å². The maximum atomic E-state index is 12.4. The Morgan fingerprint density at radius 1 is 1.36 bits per heavy atom. The predicted molar refractivity (Wildman–Crippen MR) is 73.0 cm³/mol. The van der Waals surface area contributed by atoms with E-state index in [4.69, 9.17) is 4.74 Å². The molecule has 0 saturated carbocycles. The lowest BCUT2D eigenvalue weighted by atomic mass is 10.4. The number of nitrogens with zero attached hydrogens (tertiary/aromatic N) is 3. The number of amides is 2. The zero-order chi connectivity index (χ0) is 16.2. The molecule has 0 unspecified atom stereocenters. The first kappa shape index (κ1) is 15.9. The quantitative estimate of drug-likeness (QED) is 0.898. The second kappa shape index (κ2) is 6.56. The van der Waals surface area contributed by atoms with Crippen molar-refractivity contribution in [1.82, 2.24) is 15.2 Å². The Balaban J connectivity index is 2.03. The Morgan fingerprint density at radius 3 is 2.77 bits per heavy atom. The highest BCUT2D eigenvalue weighted by atomic mass is 32.1. The number of carbonyl (C=O) groups excluding carboxylic acids is 1. The van der Waals surface area contributed by atoms with Crippen molar-refractivity contribution in [2.75, 3.05) is 17.2 Å². The molecule has 7 nitrogen and oxygen atoms in total. The Morgan fingerprint density at radius 2 is 2.14 bits per heavy atom. The molecule has 2 rings (SSSR count). The number of aromatic nitrogens is 3. The minimum Gasteiger partial charge on any atom is -0.476 e. The first-order chi connectivity index (χ1) is 10.4. The van der Waals surface area contributed by atoms with Gasteiger partial charge in [-0.15, -0.1) is 10.2 Å². The smallest absolute Gasteiger partial charge is 0.445 e. The molecular formula is C11H10F3N5O2S. The standard InChI is InChI=1S/C11H10F3N5O2S/c1-2-21-7-6(4-3-5-15-7)16-9(20)17-10-19-18-8(22-10)11(12,13)14/h3-5H,2H2,1H3,(H2,16,17,19,20). The minimum absolute atomic E-state index is 0.202. The van der Waals surface area contributed by atoms with Crippen LogP contribution < -0.4 is 15.4 Å². The van der Waals surface area contributed by atoms with Crippen LogP contribution in [0.5, 0.6) is 5.88 Å². The molecule has 0 atom stereocenters. The van der Waals surface area contributed by atoms with Gasteiger partial charge in [0.15, 0.2) is 0 Å². The second-order valence-electron chi connectivity index (χ2n) is 3.78. The summed E-state index contributed by atoms with van der Waals surface area (Å²) in [6, 6.07) is 2.34. The number of nitrogens with one attached hydrogen (secondary N) is 2. The van der Waals surface area contributed by atoms with Gasteiger partial charge < -0.3 is 10.1 Å². The normalized spacial score (nSPS) is 11.1. The number of ether oxygens (including phenoxy) is 1. The third-order valence-corrected chi connectivity index (χ3v) is 3.07. The number of rotatable bonds is 4. The summed E-state index contributed by atoms with van der Waals surface area (Å²) in [4.78, 5) is 15.7. The van der Waals surface area contributed by atoms with Gasteiger partial charge in [0.25, 0.3) is 0 Å². The number of pyridine rings is 1. The SMILES string of the molecule is CCOc1ncccc1NC(=O)Nc1nnc(C(F)(F)F)s1. The summed E-state index contributed by atoms with van der Waals surface area (Å²) in [6.45, 7) is 2.09. The van der Waals surface area contributed by atoms with Gasteiger partial charge in [0.1, 0.15) is 5.69 Å². The lowest BCUT2D eigenvalue weighted by molar-refractivity contribution is -0.138. The molecule has 0 fully saturated rings. The lowest BCUT2D eigenvalue weighted by Crippen LogP contribution is -2.20. The molecule has 118 valence electrons. The molecule has 0 bridgehead atoms. The van der Waals surface area contributed by atoms with Gasteiger partial charge in [-0.3, -0.25) is 5.32 Å². The van der Waals surface area contributed by atoms with Crippen LogP contribution in [0.2, 0.25) is 0 Å². The summed E-state index contributed by atoms with van der Waals surface area (Å²) < 4.78 is 42.3. The number of urea groups is 1. The van der Waals surface area contributed by atoms with Gasteiger partial charge in [-0.1, -0.05) is 11.3 Å². The Bertz CT molecular complexity index is 661. The predicted octanol–water partition coefficient (Wildman–Crippen LogP) is 2.99. The molecule has 2 heterocycles. The molecule has 0 spiro atoms. The average Bonchev–Trinajstić information content (AvgIpc) is 2.89. The van der Waals surface area contributed by atoms with E-state index in [1.165, 1.54) is 6.20 Å². The zero-order valence-electron chi connectivity index (χ0n) is 11.1.